The normalized spacial score (nSPS) is 30.6. The molecule has 3 heterocycles. The topological polar surface area (TPSA) is 266 Å². The number of anilines is 1. The second kappa shape index (κ2) is 9.46. The highest BCUT2D eigenvalue weighted by molar-refractivity contribution is 7.66. The third-order valence-corrected chi connectivity index (χ3v) is 8.96. The van der Waals surface area contributed by atoms with Gasteiger partial charge >= 0.3 is 23.5 Å². The maximum Gasteiger partial charge on any atom is 0.490 e. The molecule has 2 unspecified atom stereocenters. The average molecular weight is 579 g/mol. The Morgan fingerprint density at radius 1 is 1.23 bits per heavy atom. The van der Waals surface area contributed by atoms with Gasteiger partial charge in [-0.05, 0) is 6.07 Å². The van der Waals surface area contributed by atoms with Crippen molar-refractivity contribution >= 4 is 51.9 Å². The van der Waals surface area contributed by atoms with Crippen molar-refractivity contribution in [3.05, 3.63) is 18.6 Å². The Balaban J connectivity index is 1.91. The number of fused-ring (bicyclic) bond motifs is 1. The summed E-state index contributed by atoms with van der Waals surface area (Å²) in [6.45, 7) is -1.19. The van der Waals surface area contributed by atoms with Crippen molar-refractivity contribution in [3.63, 3.8) is 0 Å². The fourth-order valence-corrected chi connectivity index (χ4v) is 6.57. The molecule has 0 amide bonds. The molecular weight excluding hydrogens is 561 g/mol. The fourth-order valence-electron chi connectivity index (χ4n) is 3.21. The number of alkyl halides is 1. The van der Waals surface area contributed by atoms with E-state index in [2.05, 4.69) is 23.1 Å². The van der Waals surface area contributed by atoms with Gasteiger partial charge in [0.1, 0.15) is 17.2 Å². The van der Waals surface area contributed by atoms with Crippen LogP contribution in [0.4, 0.5) is 5.69 Å². The lowest BCUT2D eigenvalue weighted by molar-refractivity contribution is -0.113. The number of ether oxygens (including phenoxy) is 1. The van der Waals surface area contributed by atoms with Gasteiger partial charge in [-0.3, -0.25) is 9.09 Å². The van der Waals surface area contributed by atoms with Crippen molar-refractivity contribution in [2.75, 3.05) is 18.2 Å². The van der Waals surface area contributed by atoms with Crippen LogP contribution in [-0.4, -0.2) is 74.1 Å². The molecule has 0 spiro atoms. The second-order valence-corrected chi connectivity index (χ2v) is 11.8. The first-order valence-corrected chi connectivity index (χ1v) is 14.0. The van der Waals surface area contributed by atoms with Crippen LogP contribution in [0.15, 0.2) is 18.6 Å². The van der Waals surface area contributed by atoms with Crippen molar-refractivity contribution in [3.8, 4) is 12.3 Å². The molecule has 1 aliphatic heterocycles. The highest BCUT2D eigenvalue weighted by atomic mass is 35.5. The standard InChI is InChI=1S/C14H18ClN4O13P3/c1-2-14(21)11(20)13(5-15,6-29-34(25,26)32-35(27,28)31-33(22,23)24)30-12(14)19-7-18-9-8(16)3-4-17-10(9)19/h1,3-4,7,11-12,20-21H,5-6H2,(H2,16,17)(H,25,26)(H,27,28)(H2,22,23,24)/t11-,12-,13-,14-/m1/s1. The summed E-state index contributed by atoms with van der Waals surface area (Å²) in [5, 5.41) is 21.9. The molecule has 21 heteroatoms. The van der Waals surface area contributed by atoms with Gasteiger partial charge in [-0.1, -0.05) is 5.92 Å². The summed E-state index contributed by atoms with van der Waals surface area (Å²) in [7, 11) is -17.0. The number of aromatic nitrogens is 3. The number of nitrogens with two attached hydrogens (primary N) is 1. The van der Waals surface area contributed by atoms with Gasteiger partial charge in [0.2, 0.25) is 0 Å². The first kappa shape index (κ1) is 28.1. The van der Waals surface area contributed by atoms with Crippen LogP contribution in [0.5, 0.6) is 0 Å². The van der Waals surface area contributed by atoms with Crippen molar-refractivity contribution in [1.29, 1.82) is 0 Å². The van der Waals surface area contributed by atoms with Gasteiger partial charge in [0.25, 0.3) is 0 Å². The zero-order chi connectivity index (χ0) is 26.4. The predicted molar refractivity (Wildman–Crippen MR) is 115 cm³/mol. The van der Waals surface area contributed by atoms with Crippen LogP contribution in [0, 0.1) is 12.3 Å². The number of phosphoric acid groups is 3. The Morgan fingerprint density at radius 2 is 1.89 bits per heavy atom. The number of phosphoric ester groups is 1. The van der Waals surface area contributed by atoms with Gasteiger partial charge in [0, 0.05) is 6.20 Å². The van der Waals surface area contributed by atoms with E-state index in [1.54, 1.807) is 0 Å². The molecule has 0 saturated carbocycles. The number of pyridine rings is 1. The van der Waals surface area contributed by atoms with Gasteiger partial charge in [-0.15, -0.1) is 18.0 Å². The lowest BCUT2D eigenvalue weighted by Crippen LogP contribution is -2.53. The number of hydrogen-bond acceptors (Lipinski definition) is 12. The fraction of sp³-hybridized carbons (Fsp3) is 0.429. The maximum atomic E-state index is 12.1. The minimum atomic E-state index is -5.81. The summed E-state index contributed by atoms with van der Waals surface area (Å²) in [6.07, 6.45) is 4.14. The summed E-state index contributed by atoms with van der Waals surface area (Å²) in [5.74, 6) is 1.23. The molecule has 0 bridgehead atoms. The van der Waals surface area contributed by atoms with E-state index in [4.69, 9.17) is 38.3 Å². The van der Waals surface area contributed by atoms with E-state index in [1.165, 1.54) is 12.3 Å². The minimum Gasteiger partial charge on any atom is -0.397 e. The van der Waals surface area contributed by atoms with E-state index in [9.17, 15) is 33.7 Å². The number of halogens is 1. The Labute approximate surface area is 200 Å². The zero-order valence-corrected chi connectivity index (χ0v) is 20.5. The summed E-state index contributed by atoms with van der Waals surface area (Å²) in [5.41, 5.74) is 1.54. The Hall–Kier alpha value is -1.44. The number of imidazole rings is 1. The summed E-state index contributed by atoms with van der Waals surface area (Å²) in [6, 6.07) is 1.45. The number of terminal acetylenes is 1. The van der Waals surface area contributed by atoms with E-state index in [0.717, 1.165) is 10.9 Å². The van der Waals surface area contributed by atoms with Crippen LogP contribution in [-0.2, 0) is 31.6 Å². The van der Waals surface area contributed by atoms with E-state index >= 15 is 0 Å². The first-order valence-electron chi connectivity index (χ1n) is 8.96. The van der Waals surface area contributed by atoms with Crippen molar-refractivity contribution < 1.29 is 61.4 Å². The number of nitrogen functional groups attached to an aromatic ring is 1. The van der Waals surface area contributed by atoms with Gasteiger partial charge in [-0.25, -0.2) is 23.7 Å². The molecule has 35 heavy (non-hydrogen) atoms. The quantitative estimate of drug-likeness (QED) is 0.113. The molecule has 1 fully saturated rings. The molecular formula is C14H18ClN4O13P3. The molecule has 0 radical (unpaired) electrons. The molecule has 0 aliphatic carbocycles. The predicted octanol–water partition coefficient (Wildman–Crippen LogP) is -0.412. The van der Waals surface area contributed by atoms with Crippen LogP contribution in [0.25, 0.3) is 11.2 Å². The maximum absolute atomic E-state index is 12.1. The van der Waals surface area contributed by atoms with Crippen LogP contribution < -0.4 is 5.73 Å². The van der Waals surface area contributed by atoms with Crippen LogP contribution in [0.3, 0.4) is 0 Å². The van der Waals surface area contributed by atoms with Crippen molar-refractivity contribution in [2.24, 2.45) is 0 Å². The highest BCUT2D eigenvalue weighted by Gasteiger charge is 2.64. The van der Waals surface area contributed by atoms with Crippen LogP contribution >= 0.6 is 35.1 Å². The zero-order valence-electron chi connectivity index (χ0n) is 17.1. The molecule has 1 aliphatic rings. The Kier molecular flexibility index (Phi) is 7.60. The van der Waals surface area contributed by atoms with Crippen LogP contribution in [0.2, 0.25) is 0 Å². The third kappa shape index (κ3) is 5.62. The van der Waals surface area contributed by atoms with E-state index in [-0.39, 0.29) is 16.9 Å². The van der Waals surface area contributed by atoms with Gasteiger partial charge in [0.05, 0.1) is 24.5 Å². The Bertz CT molecular complexity index is 1310. The van der Waals surface area contributed by atoms with E-state index in [0.29, 0.717) is 0 Å². The van der Waals surface area contributed by atoms with Crippen molar-refractivity contribution in [2.45, 2.75) is 23.5 Å². The van der Waals surface area contributed by atoms with Gasteiger partial charge < -0.3 is 40.3 Å². The first-order chi connectivity index (χ1) is 16.0. The largest absolute Gasteiger partial charge is 0.490 e. The minimum absolute atomic E-state index is 0.0779. The monoisotopic (exact) mass is 578 g/mol. The average Bonchev–Trinajstić information content (AvgIpc) is 3.24. The molecule has 194 valence electrons. The molecule has 2 aromatic rings. The number of aliphatic hydroxyl groups excluding tert-OH is 1. The van der Waals surface area contributed by atoms with Crippen LogP contribution in [0.1, 0.15) is 6.23 Å². The summed E-state index contributed by atoms with van der Waals surface area (Å²) < 4.78 is 53.0. The molecule has 17 nitrogen and oxygen atoms in total. The second-order valence-electron chi connectivity index (χ2n) is 7.13. The molecule has 0 aromatic carbocycles. The third-order valence-electron chi connectivity index (χ3n) is 4.73. The number of rotatable bonds is 9. The molecule has 2 aromatic heterocycles. The lowest BCUT2D eigenvalue weighted by Gasteiger charge is -2.31. The molecule has 1 saturated heterocycles. The molecule has 6 atom stereocenters. The van der Waals surface area contributed by atoms with Crippen molar-refractivity contribution in [1.82, 2.24) is 14.5 Å². The SMILES string of the molecule is C#C[C@@]1(O)[C@H](O)[C@@](CCl)(COP(=O)(O)OP(=O)(O)OP(=O)(O)O)O[C@H]1n1cnc2c(N)ccnc21. The number of nitrogens with zero attached hydrogens (tertiary/aromatic N) is 3. The Morgan fingerprint density at radius 3 is 2.46 bits per heavy atom. The van der Waals surface area contributed by atoms with E-state index < -0.39 is 59.5 Å². The smallest absolute Gasteiger partial charge is 0.397 e. The number of aliphatic hydroxyl groups is 2. The molecule has 8 N–H and O–H groups in total. The highest BCUT2D eigenvalue weighted by Crippen LogP contribution is 2.66. The molecule has 3 rings (SSSR count). The number of hydrogen-bond donors (Lipinski definition) is 7. The lowest BCUT2D eigenvalue weighted by atomic mass is 9.88. The van der Waals surface area contributed by atoms with E-state index in [1.807, 2.05) is 5.92 Å². The summed E-state index contributed by atoms with van der Waals surface area (Å²) in [4.78, 5) is 44.3. The summed E-state index contributed by atoms with van der Waals surface area (Å²) >= 11 is 5.91. The van der Waals surface area contributed by atoms with Gasteiger partial charge in [0.15, 0.2) is 17.5 Å². The van der Waals surface area contributed by atoms with Gasteiger partial charge in [-0.2, -0.15) is 8.62 Å².